The van der Waals surface area contributed by atoms with Crippen LogP contribution in [0.25, 0.3) is 0 Å². The van der Waals surface area contributed by atoms with Crippen LogP contribution in [0.4, 0.5) is 0 Å². The van der Waals surface area contributed by atoms with E-state index in [1.165, 1.54) is 0 Å². The van der Waals surface area contributed by atoms with Crippen LogP contribution in [-0.2, 0) is 16.1 Å². The van der Waals surface area contributed by atoms with E-state index in [9.17, 15) is 9.59 Å². The summed E-state index contributed by atoms with van der Waals surface area (Å²) in [6, 6.07) is 12.8. The number of nitrogens with one attached hydrogen (secondary N) is 1. The third-order valence-corrected chi connectivity index (χ3v) is 5.28. The molecule has 0 saturated heterocycles. The summed E-state index contributed by atoms with van der Waals surface area (Å²) in [4.78, 5) is 27.7. The molecule has 0 spiro atoms. The Morgan fingerprint density at radius 3 is 2.22 bits per heavy atom. The van der Waals surface area contributed by atoms with E-state index in [0.29, 0.717) is 25.3 Å². The van der Waals surface area contributed by atoms with Crippen LogP contribution in [0.2, 0.25) is 0 Å². The van der Waals surface area contributed by atoms with Gasteiger partial charge in [-0.3, -0.25) is 9.59 Å². The molecular weight excluding hydrogens is 404 g/mol. The van der Waals surface area contributed by atoms with Gasteiger partial charge in [-0.2, -0.15) is 0 Å². The molecule has 2 amide bonds. The number of aryl methyl sites for hydroxylation is 2. The Morgan fingerprint density at radius 1 is 1.00 bits per heavy atom. The van der Waals surface area contributed by atoms with Gasteiger partial charge in [0.2, 0.25) is 5.91 Å². The van der Waals surface area contributed by atoms with Gasteiger partial charge >= 0.3 is 0 Å². The molecule has 6 nitrogen and oxygen atoms in total. The highest BCUT2D eigenvalue weighted by Crippen LogP contribution is 2.19. The Morgan fingerprint density at radius 2 is 1.66 bits per heavy atom. The van der Waals surface area contributed by atoms with Crippen LogP contribution in [-0.4, -0.2) is 43.0 Å². The highest BCUT2D eigenvalue weighted by molar-refractivity contribution is 5.88. The van der Waals surface area contributed by atoms with Gasteiger partial charge in [0.15, 0.2) is 6.61 Å². The average Bonchev–Trinajstić information content (AvgIpc) is 2.77. The van der Waals surface area contributed by atoms with Gasteiger partial charge in [0, 0.05) is 13.1 Å². The van der Waals surface area contributed by atoms with E-state index in [1.807, 2.05) is 57.2 Å². The quantitative estimate of drug-likeness (QED) is 0.496. The van der Waals surface area contributed by atoms with E-state index >= 15 is 0 Å². The van der Waals surface area contributed by atoms with E-state index in [0.717, 1.165) is 35.3 Å². The molecule has 6 heteroatoms. The van der Waals surface area contributed by atoms with Gasteiger partial charge in [-0.1, -0.05) is 38.5 Å². The molecule has 0 aliphatic heterocycles. The van der Waals surface area contributed by atoms with Gasteiger partial charge in [0.25, 0.3) is 5.91 Å². The first kappa shape index (κ1) is 25.2. The monoisotopic (exact) mass is 440 g/mol. The molecule has 0 aromatic heterocycles. The predicted octanol–water partition coefficient (Wildman–Crippen LogP) is 4.41. The van der Waals surface area contributed by atoms with Crippen molar-refractivity contribution < 1.29 is 19.1 Å². The molecule has 2 rings (SSSR count). The third kappa shape index (κ3) is 7.59. The van der Waals surface area contributed by atoms with Gasteiger partial charge in [0.1, 0.15) is 17.5 Å². The van der Waals surface area contributed by atoms with E-state index in [4.69, 9.17) is 9.47 Å². The molecule has 0 aliphatic rings. The molecule has 1 N–H and O–H groups in total. The zero-order chi connectivity index (χ0) is 23.5. The number of nitrogens with zero attached hydrogens (tertiary/aromatic N) is 1. The lowest BCUT2D eigenvalue weighted by Crippen LogP contribution is -2.50. The summed E-state index contributed by atoms with van der Waals surface area (Å²) in [7, 11) is 1.61. The number of ether oxygens (including phenoxy) is 2. The van der Waals surface area contributed by atoms with E-state index in [2.05, 4.69) is 18.3 Å². The predicted molar refractivity (Wildman–Crippen MR) is 127 cm³/mol. The number of benzene rings is 2. The molecule has 0 fully saturated rings. The second-order valence-electron chi connectivity index (χ2n) is 8.05. The van der Waals surface area contributed by atoms with Crippen molar-refractivity contribution in [3.8, 4) is 11.5 Å². The summed E-state index contributed by atoms with van der Waals surface area (Å²) < 4.78 is 11.0. The van der Waals surface area contributed by atoms with Crippen molar-refractivity contribution in [3.05, 3.63) is 59.2 Å². The fourth-order valence-electron chi connectivity index (χ4n) is 3.60. The van der Waals surface area contributed by atoms with Crippen molar-refractivity contribution in [1.82, 2.24) is 10.2 Å². The second-order valence-corrected chi connectivity index (χ2v) is 8.05. The highest BCUT2D eigenvalue weighted by atomic mass is 16.5. The summed E-state index contributed by atoms with van der Waals surface area (Å²) in [5, 5.41) is 2.97. The molecule has 174 valence electrons. The van der Waals surface area contributed by atoms with Crippen LogP contribution in [0.1, 0.15) is 49.8 Å². The first-order chi connectivity index (χ1) is 15.4. The molecule has 2 aromatic carbocycles. The first-order valence-electron chi connectivity index (χ1n) is 11.3. The Hall–Kier alpha value is -3.02. The maximum absolute atomic E-state index is 13.2. The topological polar surface area (TPSA) is 67.9 Å². The summed E-state index contributed by atoms with van der Waals surface area (Å²) >= 11 is 0. The zero-order valence-electron chi connectivity index (χ0n) is 19.9. The minimum atomic E-state index is -0.565. The van der Waals surface area contributed by atoms with Crippen molar-refractivity contribution in [2.45, 2.75) is 59.5 Å². The first-order valence-corrected chi connectivity index (χ1v) is 11.3. The highest BCUT2D eigenvalue weighted by Gasteiger charge is 2.28. The number of hydrogen-bond acceptors (Lipinski definition) is 4. The number of hydrogen-bond donors (Lipinski definition) is 1. The van der Waals surface area contributed by atoms with E-state index in [-0.39, 0.29) is 18.4 Å². The average molecular weight is 441 g/mol. The van der Waals surface area contributed by atoms with Gasteiger partial charge in [0.05, 0.1) is 7.11 Å². The molecule has 0 radical (unpaired) electrons. The van der Waals surface area contributed by atoms with Crippen molar-refractivity contribution >= 4 is 11.8 Å². The van der Waals surface area contributed by atoms with Crippen molar-refractivity contribution in [3.63, 3.8) is 0 Å². The van der Waals surface area contributed by atoms with Crippen LogP contribution >= 0.6 is 0 Å². The molecule has 0 heterocycles. The van der Waals surface area contributed by atoms with Gasteiger partial charge < -0.3 is 19.7 Å². The number of amides is 2. The van der Waals surface area contributed by atoms with Gasteiger partial charge in [-0.15, -0.1) is 0 Å². The third-order valence-electron chi connectivity index (χ3n) is 5.28. The Balaban J connectivity index is 2.19. The summed E-state index contributed by atoms with van der Waals surface area (Å²) in [5.41, 5.74) is 3.07. The summed E-state index contributed by atoms with van der Waals surface area (Å²) in [6.45, 7) is 8.78. The maximum atomic E-state index is 13.2. The molecule has 0 aliphatic carbocycles. The maximum Gasteiger partial charge on any atom is 0.261 e. The lowest BCUT2D eigenvalue weighted by Gasteiger charge is -2.30. The van der Waals surface area contributed by atoms with Crippen molar-refractivity contribution in [2.24, 2.45) is 0 Å². The normalized spacial score (nSPS) is 11.5. The Bertz CT molecular complexity index is 860. The fraction of sp³-hybridized carbons (Fsp3) is 0.462. The zero-order valence-corrected chi connectivity index (χ0v) is 19.9. The number of unbranched alkanes of at least 4 members (excludes halogenated alkanes) is 1. The van der Waals surface area contributed by atoms with Crippen LogP contribution in [0.5, 0.6) is 11.5 Å². The van der Waals surface area contributed by atoms with Gasteiger partial charge in [-0.25, -0.2) is 0 Å². The minimum absolute atomic E-state index is 0.127. The number of carbonyl (C=O) groups is 2. The van der Waals surface area contributed by atoms with E-state index in [1.54, 1.807) is 12.0 Å². The number of rotatable bonds is 12. The van der Waals surface area contributed by atoms with Crippen LogP contribution in [0.15, 0.2) is 42.5 Å². The molecule has 0 bridgehead atoms. The standard InChI is InChI=1S/C26H36N2O4/c1-6-8-13-27-26(30)24(7-2)28(17-21-9-11-22(31-5)12-10-21)25(29)18-32-23-15-19(3)14-20(4)16-23/h9-12,14-16,24H,6-8,13,17-18H2,1-5H3,(H,27,30)/t24-/m1/s1. The van der Waals surface area contributed by atoms with Crippen molar-refractivity contribution in [1.29, 1.82) is 0 Å². The minimum Gasteiger partial charge on any atom is -0.497 e. The van der Waals surface area contributed by atoms with E-state index < -0.39 is 6.04 Å². The summed E-state index contributed by atoms with van der Waals surface area (Å²) in [6.07, 6.45) is 2.42. The second kappa shape index (κ2) is 12.7. The smallest absolute Gasteiger partial charge is 0.261 e. The molecule has 0 saturated carbocycles. The molecule has 2 aromatic rings. The SMILES string of the molecule is CCCCNC(=O)[C@@H](CC)N(Cc1ccc(OC)cc1)C(=O)COc1cc(C)cc(C)c1. The van der Waals surface area contributed by atoms with Crippen LogP contribution < -0.4 is 14.8 Å². The molecule has 1 atom stereocenters. The van der Waals surface area contributed by atoms with Crippen LogP contribution in [0, 0.1) is 13.8 Å². The molecule has 32 heavy (non-hydrogen) atoms. The lowest BCUT2D eigenvalue weighted by atomic mass is 10.1. The van der Waals surface area contributed by atoms with Crippen molar-refractivity contribution in [2.75, 3.05) is 20.3 Å². The summed E-state index contributed by atoms with van der Waals surface area (Å²) in [5.74, 6) is 1.04. The fourth-order valence-corrected chi connectivity index (χ4v) is 3.60. The van der Waals surface area contributed by atoms with Gasteiger partial charge in [-0.05, 0) is 67.6 Å². The van der Waals surface area contributed by atoms with Crippen LogP contribution in [0.3, 0.4) is 0 Å². The molecular formula is C26H36N2O4. The number of methoxy groups -OCH3 is 1. The number of carbonyl (C=O) groups excluding carboxylic acids is 2. The Kier molecular flexibility index (Phi) is 10.1. The largest absolute Gasteiger partial charge is 0.497 e. The Labute approximate surface area is 191 Å². The molecule has 0 unspecified atom stereocenters. The lowest BCUT2D eigenvalue weighted by molar-refractivity contribution is -0.143.